The van der Waals surface area contributed by atoms with Gasteiger partial charge in [0.1, 0.15) is 6.04 Å². The molecule has 2 amide bonds. The molecule has 1 saturated heterocycles. The number of imide groups is 1. The molecule has 0 bridgehead atoms. The number of hydrogen-bond donors (Lipinski definition) is 3. The Labute approximate surface area is 135 Å². The molecular formula is C14H14N2O6S. The largest absolute Gasteiger partial charge is 0.480 e. The zero-order chi connectivity index (χ0) is 17.1. The summed E-state index contributed by atoms with van der Waals surface area (Å²) in [6.07, 6.45) is -0.0763. The summed E-state index contributed by atoms with van der Waals surface area (Å²) in [6, 6.07) is 4.40. The van der Waals surface area contributed by atoms with Gasteiger partial charge in [-0.3, -0.25) is 14.4 Å². The van der Waals surface area contributed by atoms with Crippen LogP contribution < -0.4 is 10.6 Å². The van der Waals surface area contributed by atoms with Crippen LogP contribution in [0.2, 0.25) is 0 Å². The number of nitrogens with zero attached hydrogens (tertiary/aromatic N) is 1. The number of hydrogen-bond acceptors (Lipinski definition) is 6. The molecule has 9 heteroatoms. The van der Waals surface area contributed by atoms with Crippen LogP contribution in [0.5, 0.6) is 0 Å². The fourth-order valence-electron chi connectivity index (χ4n) is 2.07. The Bertz CT molecular complexity index is 677. The van der Waals surface area contributed by atoms with Crippen molar-refractivity contribution in [2.75, 3.05) is 10.7 Å². The molecule has 0 spiro atoms. The first kappa shape index (κ1) is 17.0. The molecule has 1 aromatic carbocycles. The van der Waals surface area contributed by atoms with Gasteiger partial charge in [-0.1, -0.05) is 6.07 Å². The lowest BCUT2D eigenvalue weighted by atomic mass is 10.2. The molecule has 1 heterocycles. The van der Waals surface area contributed by atoms with E-state index in [1.54, 1.807) is 0 Å². The highest BCUT2D eigenvalue weighted by Gasteiger charge is 2.40. The van der Waals surface area contributed by atoms with E-state index in [1.807, 2.05) is 0 Å². The first-order valence-corrected chi connectivity index (χ1v) is 7.66. The molecule has 1 aliphatic rings. The first-order chi connectivity index (χ1) is 10.8. The molecule has 0 radical (unpaired) electrons. The molecule has 0 saturated carbocycles. The lowest BCUT2D eigenvalue weighted by Gasteiger charge is -2.15. The number of nitrogens with two attached hydrogens (primary N) is 1. The average molecular weight is 338 g/mol. The lowest BCUT2D eigenvalue weighted by molar-refractivity contribution is -0.138. The molecule has 0 aliphatic carbocycles. The van der Waals surface area contributed by atoms with Crippen LogP contribution in [-0.2, 0) is 14.4 Å². The van der Waals surface area contributed by atoms with Gasteiger partial charge in [-0.05, 0) is 18.2 Å². The number of carboxylic acids is 2. The SMILES string of the molecule is N[C@@H](CS[C@H]1CC(=O)N(c2cccc(C(=O)O)c2)C1=O)C(=O)O. The number of carbonyl (C=O) groups excluding carboxylic acids is 2. The van der Waals surface area contributed by atoms with E-state index in [9.17, 15) is 19.2 Å². The van der Waals surface area contributed by atoms with E-state index in [2.05, 4.69) is 0 Å². The van der Waals surface area contributed by atoms with Gasteiger partial charge in [0.15, 0.2) is 0 Å². The number of amides is 2. The topological polar surface area (TPSA) is 138 Å². The molecule has 0 unspecified atom stereocenters. The molecule has 2 atom stereocenters. The third-order valence-electron chi connectivity index (χ3n) is 3.25. The van der Waals surface area contributed by atoms with Gasteiger partial charge in [-0.2, -0.15) is 0 Å². The smallest absolute Gasteiger partial charge is 0.335 e. The summed E-state index contributed by atoms with van der Waals surface area (Å²) >= 11 is 1.01. The van der Waals surface area contributed by atoms with Gasteiger partial charge in [0.2, 0.25) is 11.8 Å². The van der Waals surface area contributed by atoms with E-state index in [0.29, 0.717) is 0 Å². The van der Waals surface area contributed by atoms with Crippen LogP contribution in [0.15, 0.2) is 24.3 Å². The summed E-state index contributed by atoms with van der Waals surface area (Å²) in [6.45, 7) is 0. The van der Waals surface area contributed by atoms with Crippen molar-refractivity contribution in [2.24, 2.45) is 5.73 Å². The van der Waals surface area contributed by atoms with Crippen molar-refractivity contribution in [2.45, 2.75) is 17.7 Å². The van der Waals surface area contributed by atoms with Crippen LogP contribution in [-0.4, -0.2) is 51.0 Å². The van der Waals surface area contributed by atoms with Crippen LogP contribution in [0.4, 0.5) is 5.69 Å². The van der Waals surface area contributed by atoms with E-state index >= 15 is 0 Å². The van der Waals surface area contributed by atoms with Crippen molar-refractivity contribution in [1.82, 2.24) is 0 Å². The molecule has 1 aromatic rings. The average Bonchev–Trinajstić information content (AvgIpc) is 2.79. The van der Waals surface area contributed by atoms with Crippen LogP contribution in [0.1, 0.15) is 16.8 Å². The molecule has 4 N–H and O–H groups in total. The zero-order valence-corrected chi connectivity index (χ0v) is 12.7. The number of carboxylic acid groups (broad SMARTS) is 2. The lowest BCUT2D eigenvalue weighted by Crippen LogP contribution is -2.35. The van der Waals surface area contributed by atoms with Crippen LogP contribution in [0.3, 0.4) is 0 Å². The van der Waals surface area contributed by atoms with E-state index in [1.165, 1.54) is 24.3 Å². The number of anilines is 1. The number of carbonyl (C=O) groups is 4. The second-order valence-corrected chi connectivity index (χ2v) is 6.13. The maximum absolute atomic E-state index is 12.3. The van der Waals surface area contributed by atoms with Gasteiger partial charge >= 0.3 is 11.9 Å². The van der Waals surface area contributed by atoms with Gasteiger partial charge in [-0.15, -0.1) is 11.8 Å². The minimum absolute atomic E-state index is 0.00201. The number of benzene rings is 1. The van der Waals surface area contributed by atoms with Crippen molar-refractivity contribution >= 4 is 41.2 Å². The van der Waals surface area contributed by atoms with E-state index in [0.717, 1.165) is 16.7 Å². The summed E-state index contributed by atoms with van der Waals surface area (Å²) in [5.74, 6) is -3.30. The van der Waals surface area contributed by atoms with Gasteiger partial charge in [0.25, 0.3) is 0 Å². The normalized spacial score (nSPS) is 19.0. The Morgan fingerprint density at radius 1 is 1.35 bits per heavy atom. The number of rotatable bonds is 6. The summed E-state index contributed by atoms with van der Waals surface area (Å²) in [5.41, 5.74) is 5.53. The maximum Gasteiger partial charge on any atom is 0.335 e. The second kappa shape index (κ2) is 6.80. The van der Waals surface area contributed by atoms with Crippen LogP contribution >= 0.6 is 11.8 Å². The van der Waals surface area contributed by atoms with Gasteiger partial charge in [0.05, 0.1) is 16.5 Å². The Kier molecular flexibility index (Phi) is 5.02. The van der Waals surface area contributed by atoms with E-state index in [4.69, 9.17) is 15.9 Å². The fourth-order valence-corrected chi connectivity index (χ4v) is 3.17. The number of aromatic carboxylic acids is 1. The molecule has 1 aliphatic heterocycles. The highest BCUT2D eigenvalue weighted by atomic mass is 32.2. The van der Waals surface area contributed by atoms with Crippen LogP contribution in [0, 0.1) is 0 Å². The number of aliphatic carboxylic acids is 1. The number of thioether (sulfide) groups is 1. The Morgan fingerprint density at radius 3 is 2.65 bits per heavy atom. The molecule has 0 aromatic heterocycles. The van der Waals surface area contributed by atoms with Crippen molar-refractivity contribution in [1.29, 1.82) is 0 Å². The summed E-state index contributed by atoms with van der Waals surface area (Å²) in [5, 5.41) is 17.0. The van der Waals surface area contributed by atoms with E-state index in [-0.39, 0.29) is 23.4 Å². The van der Waals surface area contributed by atoms with Gasteiger partial charge in [-0.25, -0.2) is 9.69 Å². The Morgan fingerprint density at radius 2 is 2.04 bits per heavy atom. The molecule has 23 heavy (non-hydrogen) atoms. The van der Waals surface area contributed by atoms with Crippen molar-refractivity contribution in [3.8, 4) is 0 Å². The second-order valence-electron chi connectivity index (χ2n) is 4.89. The molecular weight excluding hydrogens is 324 g/mol. The minimum atomic E-state index is -1.18. The fraction of sp³-hybridized carbons (Fsp3) is 0.286. The zero-order valence-electron chi connectivity index (χ0n) is 11.8. The highest BCUT2D eigenvalue weighted by Crippen LogP contribution is 2.30. The van der Waals surface area contributed by atoms with Crippen molar-refractivity contribution in [3.05, 3.63) is 29.8 Å². The van der Waals surface area contributed by atoms with Gasteiger partial charge in [0, 0.05) is 12.2 Å². The maximum atomic E-state index is 12.3. The first-order valence-electron chi connectivity index (χ1n) is 6.61. The highest BCUT2D eigenvalue weighted by molar-refractivity contribution is 8.00. The Balaban J connectivity index is 2.14. The standard InChI is InChI=1S/C14H14N2O6S/c15-9(14(21)22)6-23-10-5-11(17)16(12(10)18)8-3-1-2-7(4-8)13(19)20/h1-4,9-10H,5-6,15H2,(H,19,20)(H,21,22)/t9-,10-/m0/s1. The predicted octanol–water partition coefficient (Wildman–Crippen LogP) is 0.162. The molecule has 8 nitrogen and oxygen atoms in total. The molecule has 1 fully saturated rings. The molecule has 122 valence electrons. The third kappa shape index (κ3) is 3.69. The minimum Gasteiger partial charge on any atom is -0.480 e. The molecule has 2 rings (SSSR count). The Hall–Kier alpha value is -2.39. The summed E-state index contributed by atoms with van der Waals surface area (Å²) in [7, 11) is 0. The van der Waals surface area contributed by atoms with E-state index < -0.39 is 35.0 Å². The summed E-state index contributed by atoms with van der Waals surface area (Å²) < 4.78 is 0. The van der Waals surface area contributed by atoms with Gasteiger partial charge < -0.3 is 15.9 Å². The third-order valence-corrected chi connectivity index (χ3v) is 4.57. The van der Waals surface area contributed by atoms with Crippen molar-refractivity contribution in [3.63, 3.8) is 0 Å². The predicted molar refractivity (Wildman–Crippen MR) is 82.4 cm³/mol. The monoisotopic (exact) mass is 338 g/mol. The summed E-state index contributed by atoms with van der Waals surface area (Å²) in [4.78, 5) is 47.0. The van der Waals surface area contributed by atoms with Crippen LogP contribution in [0.25, 0.3) is 0 Å². The quantitative estimate of drug-likeness (QED) is 0.624. The van der Waals surface area contributed by atoms with Crippen molar-refractivity contribution < 1.29 is 29.4 Å².